The first-order valence-corrected chi connectivity index (χ1v) is 11.4. The van der Waals surface area contributed by atoms with Gasteiger partial charge in [-0.2, -0.15) is 4.98 Å². The number of hydrogen-bond acceptors (Lipinski definition) is 11. The Bertz CT molecular complexity index is 1170. The zero-order chi connectivity index (χ0) is 26.9. The van der Waals surface area contributed by atoms with Crippen LogP contribution in [0.5, 0.6) is 5.75 Å². The number of nitrogens with one attached hydrogen (secondary N) is 2. The highest BCUT2D eigenvalue weighted by molar-refractivity contribution is 5.96. The number of carbonyl (C=O) groups is 3. The van der Waals surface area contributed by atoms with Crippen LogP contribution in [0.25, 0.3) is 0 Å². The van der Waals surface area contributed by atoms with Crippen molar-refractivity contribution in [1.82, 2.24) is 14.9 Å². The van der Waals surface area contributed by atoms with Gasteiger partial charge in [-0.1, -0.05) is 12.1 Å². The van der Waals surface area contributed by atoms with Crippen molar-refractivity contribution in [2.75, 3.05) is 25.1 Å². The van der Waals surface area contributed by atoms with E-state index in [0.717, 1.165) is 4.57 Å². The van der Waals surface area contributed by atoms with Crippen LogP contribution in [-0.4, -0.2) is 85.8 Å². The standard InChI is InChI=1S/C23H28N4O10/c28-12-15-19(32)20(33)22(37-15)27-10-8-16(26-23(27)35)25-17(30)6-7-18(31)36-11-3-9-24-21(34)13-4-1-2-5-14(13)29/h1-2,4-5,8,10,15,19-20,22,28-29,32-33H,3,6-7,9,11-12H2,(H,24,34)(H,25,26,30,35)/t15-,19-,20+,22-/m1/s1. The number of amides is 2. The molecule has 2 aromatic rings. The third kappa shape index (κ3) is 7.33. The number of esters is 1. The van der Waals surface area contributed by atoms with Crippen LogP contribution in [0.1, 0.15) is 35.8 Å². The predicted octanol–water partition coefficient (Wildman–Crippen LogP) is -1.36. The van der Waals surface area contributed by atoms with Gasteiger partial charge in [0.25, 0.3) is 5.91 Å². The van der Waals surface area contributed by atoms with E-state index in [-0.39, 0.29) is 43.1 Å². The quantitative estimate of drug-likeness (QED) is 0.151. The Morgan fingerprint density at radius 3 is 2.54 bits per heavy atom. The Kier molecular flexibility index (Phi) is 9.68. The van der Waals surface area contributed by atoms with Gasteiger partial charge >= 0.3 is 11.7 Å². The number of carbonyl (C=O) groups excluding carboxylic acids is 3. The van der Waals surface area contributed by atoms with E-state index in [1.807, 2.05) is 0 Å². The monoisotopic (exact) mass is 520 g/mol. The van der Waals surface area contributed by atoms with Crippen molar-refractivity contribution in [3.8, 4) is 5.75 Å². The second kappa shape index (κ2) is 12.9. The van der Waals surface area contributed by atoms with Gasteiger partial charge in [-0.25, -0.2) is 4.79 Å². The molecule has 1 aliphatic heterocycles. The Morgan fingerprint density at radius 1 is 1.11 bits per heavy atom. The molecule has 14 nitrogen and oxygen atoms in total. The van der Waals surface area contributed by atoms with Crippen LogP contribution in [0.3, 0.4) is 0 Å². The minimum absolute atomic E-state index is 0.0161. The van der Waals surface area contributed by atoms with Gasteiger partial charge in [0.1, 0.15) is 29.9 Å². The summed E-state index contributed by atoms with van der Waals surface area (Å²) >= 11 is 0. The number of aliphatic hydroxyl groups excluding tert-OH is 3. The SMILES string of the molecule is O=C(CCC(=O)OCCCNC(=O)c1ccccc1O)Nc1ccn([C@@H]2O[C@H](CO)[C@@H](O)[C@@H]2O)c(=O)n1. The lowest BCUT2D eigenvalue weighted by molar-refractivity contribution is -0.144. The molecule has 1 fully saturated rings. The summed E-state index contributed by atoms with van der Waals surface area (Å²) in [5.41, 5.74) is -0.738. The van der Waals surface area contributed by atoms with Crippen molar-refractivity contribution >= 4 is 23.6 Å². The number of rotatable bonds is 11. The molecule has 1 aromatic heterocycles. The average molecular weight is 520 g/mol. The van der Waals surface area contributed by atoms with E-state index >= 15 is 0 Å². The normalized spacial score (nSPS) is 20.8. The summed E-state index contributed by atoms with van der Waals surface area (Å²) in [5.74, 6) is -1.91. The van der Waals surface area contributed by atoms with Gasteiger partial charge in [-0.3, -0.25) is 19.0 Å². The van der Waals surface area contributed by atoms with Gasteiger partial charge < -0.3 is 40.5 Å². The van der Waals surface area contributed by atoms with Gasteiger partial charge in [0.2, 0.25) is 5.91 Å². The van der Waals surface area contributed by atoms with E-state index in [4.69, 9.17) is 14.6 Å². The number of nitrogens with zero attached hydrogens (tertiary/aromatic N) is 2. The highest BCUT2D eigenvalue weighted by atomic mass is 16.6. The predicted molar refractivity (Wildman–Crippen MR) is 125 cm³/mol. The molecule has 4 atom stereocenters. The van der Waals surface area contributed by atoms with Gasteiger partial charge in [0, 0.05) is 19.2 Å². The summed E-state index contributed by atoms with van der Waals surface area (Å²) in [5, 5.41) is 43.6. The van der Waals surface area contributed by atoms with Crippen LogP contribution in [-0.2, 0) is 19.1 Å². The molecule has 0 bridgehead atoms. The lowest BCUT2D eigenvalue weighted by Gasteiger charge is -2.17. The zero-order valence-corrected chi connectivity index (χ0v) is 19.6. The molecule has 1 aromatic carbocycles. The second-order valence-corrected chi connectivity index (χ2v) is 8.13. The molecule has 0 spiro atoms. The smallest absolute Gasteiger partial charge is 0.351 e. The summed E-state index contributed by atoms with van der Waals surface area (Å²) in [6, 6.07) is 7.36. The molecule has 6 N–H and O–H groups in total. The number of aliphatic hydroxyl groups is 3. The van der Waals surface area contributed by atoms with Crippen LogP contribution >= 0.6 is 0 Å². The molecule has 1 aliphatic rings. The fourth-order valence-electron chi connectivity index (χ4n) is 3.50. The van der Waals surface area contributed by atoms with Crippen LogP contribution < -0.4 is 16.3 Å². The van der Waals surface area contributed by atoms with Gasteiger partial charge in [0.15, 0.2) is 6.23 Å². The number of para-hydroxylation sites is 1. The summed E-state index contributed by atoms with van der Waals surface area (Å²) < 4.78 is 11.2. The molecule has 37 heavy (non-hydrogen) atoms. The van der Waals surface area contributed by atoms with Crippen LogP contribution in [0, 0.1) is 0 Å². The lowest BCUT2D eigenvalue weighted by atomic mass is 10.1. The molecule has 0 unspecified atom stereocenters. The van der Waals surface area contributed by atoms with Crippen molar-refractivity contribution in [3.05, 3.63) is 52.6 Å². The van der Waals surface area contributed by atoms with E-state index in [1.54, 1.807) is 12.1 Å². The number of aromatic nitrogens is 2. The summed E-state index contributed by atoms with van der Waals surface area (Å²) in [6.45, 7) is -0.327. The van der Waals surface area contributed by atoms with Gasteiger partial charge in [-0.15, -0.1) is 0 Å². The molecule has 0 aliphatic carbocycles. The highest BCUT2D eigenvalue weighted by Gasteiger charge is 2.43. The van der Waals surface area contributed by atoms with E-state index < -0.39 is 54.6 Å². The summed E-state index contributed by atoms with van der Waals surface area (Å²) in [4.78, 5) is 51.9. The largest absolute Gasteiger partial charge is 0.507 e. The topological polar surface area (TPSA) is 210 Å². The van der Waals surface area contributed by atoms with E-state index in [1.165, 1.54) is 24.4 Å². The highest BCUT2D eigenvalue weighted by Crippen LogP contribution is 2.28. The average Bonchev–Trinajstić information content (AvgIpc) is 3.16. The maximum Gasteiger partial charge on any atom is 0.351 e. The van der Waals surface area contributed by atoms with E-state index in [2.05, 4.69) is 15.6 Å². The Morgan fingerprint density at radius 2 is 1.86 bits per heavy atom. The lowest BCUT2D eigenvalue weighted by Crippen LogP contribution is -2.36. The Hall–Kier alpha value is -3.85. The van der Waals surface area contributed by atoms with E-state index in [9.17, 15) is 34.5 Å². The van der Waals surface area contributed by atoms with Crippen molar-refractivity contribution in [2.24, 2.45) is 0 Å². The van der Waals surface area contributed by atoms with Gasteiger partial charge in [-0.05, 0) is 24.6 Å². The molecule has 14 heteroatoms. The molecular formula is C23H28N4O10. The van der Waals surface area contributed by atoms with Crippen LogP contribution in [0.2, 0.25) is 0 Å². The number of benzene rings is 1. The zero-order valence-electron chi connectivity index (χ0n) is 19.6. The Balaban J connectivity index is 1.36. The maximum atomic E-state index is 12.3. The Labute approximate surface area is 210 Å². The maximum absolute atomic E-state index is 12.3. The molecule has 3 rings (SSSR count). The summed E-state index contributed by atoms with van der Waals surface area (Å²) in [6.07, 6.45) is -4.10. The second-order valence-electron chi connectivity index (χ2n) is 8.13. The number of phenols is 1. The van der Waals surface area contributed by atoms with Crippen LogP contribution in [0.15, 0.2) is 41.3 Å². The third-order valence-electron chi connectivity index (χ3n) is 5.46. The number of phenolic OH excluding ortho intramolecular Hbond substituents is 1. The number of ether oxygens (including phenoxy) is 2. The molecular weight excluding hydrogens is 492 g/mol. The van der Waals surface area contributed by atoms with E-state index in [0.29, 0.717) is 6.42 Å². The first-order chi connectivity index (χ1) is 17.7. The van der Waals surface area contributed by atoms with Crippen LogP contribution in [0.4, 0.5) is 5.82 Å². The van der Waals surface area contributed by atoms with Gasteiger partial charge in [0.05, 0.1) is 25.2 Å². The first kappa shape index (κ1) is 27.7. The summed E-state index contributed by atoms with van der Waals surface area (Å²) in [7, 11) is 0. The molecule has 2 heterocycles. The third-order valence-corrected chi connectivity index (χ3v) is 5.46. The molecule has 200 valence electrons. The fraction of sp³-hybridized carbons (Fsp3) is 0.435. The minimum atomic E-state index is -1.46. The molecule has 1 saturated heterocycles. The van der Waals surface area contributed by atoms with Crippen molar-refractivity contribution < 1.29 is 44.3 Å². The first-order valence-electron chi connectivity index (χ1n) is 11.4. The molecule has 0 radical (unpaired) electrons. The fourth-order valence-corrected chi connectivity index (χ4v) is 3.50. The van der Waals surface area contributed by atoms with Crippen molar-refractivity contribution in [3.63, 3.8) is 0 Å². The molecule has 0 saturated carbocycles. The van der Waals surface area contributed by atoms with Crippen molar-refractivity contribution in [2.45, 2.75) is 43.8 Å². The number of hydrogen-bond donors (Lipinski definition) is 6. The van der Waals surface area contributed by atoms with Crippen molar-refractivity contribution in [1.29, 1.82) is 0 Å². The number of anilines is 1. The number of aromatic hydroxyl groups is 1. The molecule has 2 amide bonds. The minimum Gasteiger partial charge on any atom is -0.507 e.